The molecule has 0 amide bonds. The summed E-state index contributed by atoms with van der Waals surface area (Å²) in [7, 11) is -2.39. The van der Waals surface area contributed by atoms with Gasteiger partial charge in [0.15, 0.2) is 0 Å². The van der Waals surface area contributed by atoms with Crippen molar-refractivity contribution in [2.45, 2.75) is 37.6 Å². The van der Waals surface area contributed by atoms with E-state index in [0.29, 0.717) is 0 Å². The van der Waals surface area contributed by atoms with E-state index in [1.807, 2.05) is 24.3 Å². The van der Waals surface area contributed by atoms with Gasteiger partial charge in [-0.05, 0) is 11.1 Å². The zero-order valence-corrected chi connectivity index (χ0v) is 13.0. The van der Waals surface area contributed by atoms with Gasteiger partial charge in [-0.15, -0.1) is 0 Å². The number of methoxy groups -OCH3 is 1. The summed E-state index contributed by atoms with van der Waals surface area (Å²) in [5.41, 5.74) is 0.426. The Hall–Kier alpha value is -1.48. The molecule has 8 heteroatoms. The Bertz CT molecular complexity index is 672. The lowest BCUT2D eigenvalue weighted by molar-refractivity contribution is -0.154. The Kier molecular flexibility index (Phi) is 3.72. The first-order valence-corrected chi connectivity index (χ1v) is 8.42. The van der Waals surface area contributed by atoms with Crippen molar-refractivity contribution in [2.75, 3.05) is 7.11 Å². The molecule has 0 saturated heterocycles. The molecule has 1 aromatic carbocycles. The van der Waals surface area contributed by atoms with Crippen LogP contribution in [-0.2, 0) is 32.8 Å². The minimum Gasteiger partial charge on any atom is -0.480 e. The first-order chi connectivity index (χ1) is 10.4. The summed E-state index contributed by atoms with van der Waals surface area (Å²) in [5, 5.41) is 9.38. The predicted molar refractivity (Wildman–Crippen MR) is 78.1 cm³/mol. The molecule has 1 aliphatic carbocycles. The largest absolute Gasteiger partial charge is 0.480 e. The van der Waals surface area contributed by atoms with Crippen molar-refractivity contribution in [2.24, 2.45) is 0 Å². The number of benzene rings is 1. The number of carboxylic acids is 1. The maximum absolute atomic E-state index is 12.5. The monoisotopic (exact) mass is 326 g/mol. The number of aliphatic carboxylic acids is 1. The van der Waals surface area contributed by atoms with Gasteiger partial charge in [0.1, 0.15) is 5.54 Å². The van der Waals surface area contributed by atoms with Gasteiger partial charge < -0.3 is 9.84 Å². The van der Waals surface area contributed by atoms with Gasteiger partial charge in [-0.2, -0.15) is 17.4 Å². The quantitative estimate of drug-likeness (QED) is 0.820. The number of nitrogens with zero attached hydrogens (tertiary/aromatic N) is 1. The van der Waals surface area contributed by atoms with Gasteiger partial charge >= 0.3 is 5.97 Å². The van der Waals surface area contributed by atoms with E-state index in [9.17, 15) is 18.3 Å². The molecule has 1 fully saturated rings. The SMILES string of the molecule is COC1CC(NS(=O)(=O)N2Cc3ccccc3C2)(C(=O)O)C1. The van der Waals surface area contributed by atoms with Crippen LogP contribution in [0.25, 0.3) is 0 Å². The summed E-state index contributed by atoms with van der Waals surface area (Å²) in [5.74, 6) is -1.17. The van der Waals surface area contributed by atoms with Crippen LogP contribution in [0.4, 0.5) is 0 Å². The molecule has 2 N–H and O–H groups in total. The van der Waals surface area contributed by atoms with E-state index in [0.717, 1.165) is 11.1 Å². The fourth-order valence-electron chi connectivity index (χ4n) is 2.97. The fraction of sp³-hybridized carbons (Fsp3) is 0.500. The van der Waals surface area contributed by atoms with Crippen LogP contribution in [0.3, 0.4) is 0 Å². The second-order valence-electron chi connectivity index (χ2n) is 5.80. The molecule has 0 unspecified atom stereocenters. The van der Waals surface area contributed by atoms with Gasteiger partial charge in [-0.1, -0.05) is 24.3 Å². The number of hydrogen-bond donors (Lipinski definition) is 2. The normalized spacial score (nSPS) is 28.1. The highest BCUT2D eigenvalue weighted by molar-refractivity contribution is 7.87. The Morgan fingerprint density at radius 2 is 1.86 bits per heavy atom. The molecule has 0 radical (unpaired) electrons. The number of carbonyl (C=O) groups is 1. The molecule has 0 spiro atoms. The fourth-order valence-corrected chi connectivity index (χ4v) is 4.46. The van der Waals surface area contributed by atoms with E-state index in [4.69, 9.17) is 4.74 Å². The van der Waals surface area contributed by atoms with Crippen molar-refractivity contribution in [3.05, 3.63) is 35.4 Å². The average molecular weight is 326 g/mol. The highest BCUT2D eigenvalue weighted by Gasteiger charge is 2.54. The Balaban J connectivity index is 1.76. The molecule has 0 aromatic heterocycles. The van der Waals surface area contributed by atoms with Crippen molar-refractivity contribution >= 4 is 16.2 Å². The number of carboxylic acid groups (broad SMARTS) is 1. The van der Waals surface area contributed by atoms with E-state index < -0.39 is 21.7 Å². The van der Waals surface area contributed by atoms with Crippen molar-refractivity contribution < 1.29 is 23.1 Å². The second-order valence-corrected chi connectivity index (χ2v) is 7.47. The molecule has 7 nitrogen and oxygen atoms in total. The molecular formula is C14H18N2O5S. The maximum Gasteiger partial charge on any atom is 0.325 e. The van der Waals surface area contributed by atoms with E-state index in [-0.39, 0.29) is 32.0 Å². The topological polar surface area (TPSA) is 95.9 Å². The van der Waals surface area contributed by atoms with E-state index in [1.165, 1.54) is 11.4 Å². The van der Waals surface area contributed by atoms with Crippen LogP contribution in [0.15, 0.2) is 24.3 Å². The van der Waals surface area contributed by atoms with Gasteiger partial charge in [-0.3, -0.25) is 4.79 Å². The minimum atomic E-state index is -3.88. The zero-order valence-electron chi connectivity index (χ0n) is 12.2. The third-order valence-corrected chi connectivity index (χ3v) is 5.96. The van der Waals surface area contributed by atoms with Gasteiger partial charge in [-0.25, -0.2) is 0 Å². The molecule has 0 bridgehead atoms. The van der Waals surface area contributed by atoms with Crippen LogP contribution in [0.2, 0.25) is 0 Å². The van der Waals surface area contributed by atoms with Crippen molar-refractivity contribution in [1.82, 2.24) is 9.03 Å². The highest BCUT2D eigenvalue weighted by Crippen LogP contribution is 2.36. The molecule has 1 aliphatic heterocycles. The third-order valence-electron chi connectivity index (χ3n) is 4.37. The molecule has 22 heavy (non-hydrogen) atoms. The van der Waals surface area contributed by atoms with E-state index >= 15 is 0 Å². The first kappa shape index (κ1) is 15.4. The molecular weight excluding hydrogens is 308 g/mol. The Morgan fingerprint density at radius 1 is 1.32 bits per heavy atom. The zero-order chi connectivity index (χ0) is 16.0. The van der Waals surface area contributed by atoms with Gasteiger partial charge in [0.2, 0.25) is 0 Å². The summed E-state index contributed by atoms with van der Waals surface area (Å²) in [6.07, 6.45) is 0.0483. The molecule has 1 aromatic rings. The molecule has 0 atom stereocenters. The molecule has 3 rings (SSSR count). The van der Waals surface area contributed by atoms with E-state index in [2.05, 4.69) is 4.72 Å². The number of hydrogen-bond acceptors (Lipinski definition) is 4. The molecule has 2 aliphatic rings. The number of nitrogens with one attached hydrogen (secondary N) is 1. The average Bonchev–Trinajstić information content (AvgIpc) is 2.86. The van der Waals surface area contributed by atoms with Crippen molar-refractivity contribution in [1.29, 1.82) is 0 Å². The number of ether oxygens (including phenoxy) is 1. The minimum absolute atomic E-state index is 0.138. The van der Waals surface area contributed by atoms with Gasteiger partial charge in [0.25, 0.3) is 10.2 Å². The van der Waals surface area contributed by atoms with Gasteiger partial charge in [0.05, 0.1) is 6.10 Å². The summed E-state index contributed by atoms with van der Waals surface area (Å²) in [6, 6.07) is 7.47. The summed E-state index contributed by atoms with van der Waals surface area (Å²) in [4.78, 5) is 11.5. The lowest BCUT2D eigenvalue weighted by Gasteiger charge is -2.43. The molecule has 1 saturated carbocycles. The molecule has 1 heterocycles. The van der Waals surface area contributed by atoms with Crippen molar-refractivity contribution in [3.8, 4) is 0 Å². The van der Waals surface area contributed by atoms with Gasteiger partial charge in [0, 0.05) is 33.0 Å². The predicted octanol–water partition coefficient (Wildman–Crippen LogP) is 0.469. The lowest BCUT2D eigenvalue weighted by Crippen LogP contribution is -2.66. The molecule has 120 valence electrons. The highest BCUT2D eigenvalue weighted by atomic mass is 32.2. The number of rotatable bonds is 5. The second kappa shape index (κ2) is 5.31. The van der Waals surface area contributed by atoms with Crippen LogP contribution in [-0.4, -0.2) is 42.6 Å². The Morgan fingerprint density at radius 3 is 2.32 bits per heavy atom. The third kappa shape index (κ3) is 2.52. The Labute approximate surface area is 129 Å². The number of fused-ring (bicyclic) bond motifs is 1. The first-order valence-electron chi connectivity index (χ1n) is 6.98. The summed E-state index contributed by atoms with van der Waals surface area (Å²) < 4.78 is 33.7. The standard InChI is InChI=1S/C14H18N2O5S/c1-21-12-6-14(7-12,13(17)18)15-22(19,20)16-8-10-4-2-3-5-11(10)9-16/h2-5,12,15H,6-9H2,1H3,(H,17,18). The maximum atomic E-state index is 12.5. The summed E-state index contributed by atoms with van der Waals surface area (Å²) >= 11 is 0. The van der Waals surface area contributed by atoms with Crippen LogP contribution < -0.4 is 4.72 Å². The van der Waals surface area contributed by atoms with Crippen molar-refractivity contribution in [3.63, 3.8) is 0 Å². The van der Waals surface area contributed by atoms with Crippen LogP contribution >= 0.6 is 0 Å². The lowest BCUT2D eigenvalue weighted by atomic mass is 9.75. The van der Waals surface area contributed by atoms with Crippen LogP contribution in [0.5, 0.6) is 0 Å². The van der Waals surface area contributed by atoms with E-state index in [1.54, 1.807) is 0 Å². The van der Waals surface area contributed by atoms with Crippen LogP contribution in [0, 0.1) is 0 Å². The summed E-state index contributed by atoms with van der Waals surface area (Å²) in [6.45, 7) is 0.518. The van der Waals surface area contributed by atoms with Crippen LogP contribution in [0.1, 0.15) is 24.0 Å². The smallest absolute Gasteiger partial charge is 0.325 e.